The third-order valence-electron chi connectivity index (χ3n) is 11.8. The topological polar surface area (TPSA) is 175 Å². The number of rotatable bonds is 10. The number of alkyl halides is 9. The zero-order chi connectivity index (χ0) is 55.1. The zero-order valence-electron chi connectivity index (χ0n) is 38.4. The molecule has 10 aromatic rings. The Morgan fingerprint density at radius 3 is 1.45 bits per heavy atom. The molecule has 10 rings (SSSR count). The van der Waals surface area contributed by atoms with Crippen molar-refractivity contribution in [1.29, 1.82) is 0 Å². The van der Waals surface area contributed by atoms with Gasteiger partial charge in [0.2, 0.25) is 17.5 Å². The predicted octanol–water partition coefficient (Wildman–Crippen LogP) is 10.5. The van der Waals surface area contributed by atoms with E-state index >= 15 is 0 Å². The van der Waals surface area contributed by atoms with Gasteiger partial charge < -0.3 is 24.3 Å². The highest BCUT2D eigenvalue weighted by Crippen LogP contribution is 2.49. The molecule has 0 radical (unpaired) electrons. The van der Waals surface area contributed by atoms with Crippen molar-refractivity contribution in [1.82, 2.24) is 48.6 Å². The number of carbonyl (C=O) groups is 1. The molecular formula is C50H34ClF11N10O4. The first-order valence-electron chi connectivity index (χ1n) is 21.7. The molecule has 0 fully saturated rings. The minimum Gasteiger partial charge on any atom is -0.372 e. The minimum atomic E-state index is -5.16. The largest absolute Gasteiger partial charge is 0.446 e. The Morgan fingerprint density at radius 2 is 1.04 bits per heavy atom. The van der Waals surface area contributed by atoms with Crippen LogP contribution in [0.4, 0.5) is 48.3 Å². The van der Waals surface area contributed by atoms with Crippen molar-refractivity contribution in [3.05, 3.63) is 197 Å². The predicted molar refractivity (Wildman–Crippen MR) is 256 cm³/mol. The molecular weight excluding hydrogens is 1050 g/mol. The maximum absolute atomic E-state index is 14.6. The molecule has 76 heavy (non-hydrogen) atoms. The van der Waals surface area contributed by atoms with E-state index in [0.29, 0.717) is 33.2 Å². The number of fused-ring (bicyclic) bond motifs is 4. The van der Waals surface area contributed by atoms with Crippen LogP contribution in [0.15, 0.2) is 152 Å². The van der Waals surface area contributed by atoms with Gasteiger partial charge in [0.15, 0.2) is 5.15 Å². The third-order valence-corrected chi connectivity index (χ3v) is 12.0. The van der Waals surface area contributed by atoms with Gasteiger partial charge in [-0.15, -0.1) is 13.2 Å². The number of hydrogen-bond acceptors (Lipinski definition) is 9. The highest BCUT2D eigenvalue weighted by molar-refractivity contribution is 6.33. The summed E-state index contributed by atoms with van der Waals surface area (Å²) in [5, 5.41) is 31.7. The first kappa shape index (κ1) is 53.7. The number of nitrogens with zero attached hydrogens (tertiary/aromatic N) is 9. The van der Waals surface area contributed by atoms with E-state index in [1.54, 1.807) is 0 Å². The number of benzene rings is 4. The number of aromatic nitrogens is 10. The molecule has 2 unspecified atom stereocenters. The van der Waals surface area contributed by atoms with Crippen molar-refractivity contribution in [3.8, 4) is 11.4 Å². The fourth-order valence-corrected chi connectivity index (χ4v) is 8.60. The Balaban J connectivity index is 0.000000182. The lowest BCUT2D eigenvalue weighted by Crippen LogP contribution is -2.43. The van der Waals surface area contributed by atoms with Gasteiger partial charge in [0, 0.05) is 47.4 Å². The van der Waals surface area contributed by atoms with Crippen LogP contribution in [0.25, 0.3) is 55.2 Å². The van der Waals surface area contributed by atoms with Crippen LogP contribution in [0, 0.1) is 11.6 Å². The second-order valence-corrected chi connectivity index (χ2v) is 16.8. The molecule has 6 heterocycles. The molecule has 0 saturated heterocycles. The maximum atomic E-state index is 14.6. The second kappa shape index (κ2) is 20.3. The lowest BCUT2D eigenvalue weighted by atomic mass is 9.86. The fraction of sp³-hybridized carbons (Fsp3) is 0.140. The molecule has 0 aliphatic rings. The zero-order valence-corrected chi connectivity index (χ0v) is 39.1. The van der Waals surface area contributed by atoms with Crippen LogP contribution in [0.1, 0.15) is 22.3 Å². The third kappa shape index (κ3) is 9.81. The number of aldehydes is 1. The van der Waals surface area contributed by atoms with Gasteiger partial charge in [-0.3, -0.25) is 9.59 Å². The lowest BCUT2D eigenvalue weighted by molar-refractivity contribution is -0.248. The van der Waals surface area contributed by atoms with Crippen LogP contribution in [-0.4, -0.2) is 83.7 Å². The van der Waals surface area contributed by atoms with E-state index in [9.17, 15) is 63.3 Å². The summed E-state index contributed by atoms with van der Waals surface area (Å²) in [5.74, 6) is -0.868. The van der Waals surface area contributed by atoms with Crippen LogP contribution in [0.5, 0.6) is 0 Å². The van der Waals surface area contributed by atoms with Crippen molar-refractivity contribution in [2.75, 3.05) is 0 Å². The Hall–Kier alpha value is -8.55. The molecule has 392 valence electrons. The summed E-state index contributed by atoms with van der Waals surface area (Å²) in [7, 11) is 0. The maximum Gasteiger partial charge on any atom is 0.446 e. The van der Waals surface area contributed by atoms with Crippen molar-refractivity contribution in [2.45, 2.75) is 42.8 Å². The monoisotopic (exact) mass is 1080 g/mol. The molecule has 14 nitrogen and oxygen atoms in total. The first-order valence-corrected chi connectivity index (χ1v) is 22.1. The lowest BCUT2D eigenvalue weighted by Gasteiger charge is -2.30. The number of nitrogens with one attached hydrogen (secondary N) is 1. The smallest absolute Gasteiger partial charge is 0.372 e. The minimum absolute atomic E-state index is 0.0304. The Labute approximate surface area is 423 Å². The molecule has 0 aliphatic carbocycles. The summed E-state index contributed by atoms with van der Waals surface area (Å²) in [6, 6.07) is 18.5. The molecule has 3 N–H and O–H groups in total. The molecule has 0 saturated carbocycles. The van der Waals surface area contributed by atoms with E-state index in [2.05, 4.69) is 43.3 Å². The van der Waals surface area contributed by atoms with Crippen LogP contribution in [-0.2, 0) is 29.1 Å². The Morgan fingerprint density at radius 1 is 0.618 bits per heavy atom. The number of halogens is 12. The number of aromatic amines is 1. The van der Waals surface area contributed by atoms with E-state index in [1.807, 2.05) is 0 Å². The summed E-state index contributed by atoms with van der Waals surface area (Å²) >= 11 is 6.17. The van der Waals surface area contributed by atoms with E-state index in [1.165, 1.54) is 122 Å². The summed E-state index contributed by atoms with van der Waals surface area (Å²) < 4.78 is 151. The van der Waals surface area contributed by atoms with Crippen molar-refractivity contribution >= 4 is 61.8 Å². The molecule has 4 aromatic carbocycles. The van der Waals surface area contributed by atoms with Gasteiger partial charge in [-0.2, -0.15) is 49.7 Å². The normalized spacial score (nSPS) is 13.7. The second-order valence-electron chi connectivity index (χ2n) is 16.4. The fourth-order valence-electron chi connectivity index (χ4n) is 8.36. The average Bonchev–Trinajstić information content (AvgIpc) is 4.24. The van der Waals surface area contributed by atoms with Crippen LogP contribution < -0.4 is 5.56 Å². The van der Waals surface area contributed by atoms with E-state index in [4.69, 9.17) is 16.4 Å². The van der Waals surface area contributed by atoms with Gasteiger partial charge in [-0.1, -0.05) is 35.9 Å². The van der Waals surface area contributed by atoms with Gasteiger partial charge in [0.25, 0.3) is 5.56 Å². The molecule has 26 heteroatoms. The molecule has 0 aliphatic heterocycles. The highest BCUT2D eigenvalue weighted by atomic mass is 35.5. The Kier molecular flexibility index (Phi) is 14.3. The van der Waals surface area contributed by atoms with E-state index in [-0.39, 0.29) is 40.3 Å². The first-order chi connectivity index (χ1) is 35.9. The summed E-state index contributed by atoms with van der Waals surface area (Å²) in [5.41, 5.74) is -7.93. The average molecular weight is 1080 g/mol. The van der Waals surface area contributed by atoms with Gasteiger partial charge in [0.05, 0.1) is 46.6 Å². The number of aliphatic hydroxyl groups is 2. The summed E-state index contributed by atoms with van der Waals surface area (Å²) in [6.45, 7) is 7.34. The van der Waals surface area contributed by atoms with Crippen molar-refractivity contribution < 1.29 is 63.3 Å². The number of allylic oxidation sites excluding steroid dienone is 2. The standard InChI is InChI=1S/C24H16ClF4N5O.C24H17F4N5O2.C2HF3O/c1-2-9-33-12-18(20-21(33)22(25)31-13-30-20)23(35,24(27,28)29)15-3-8-19-14(10-15)11-32-34(19)17-6-4-16(26)5-7-17;1-2-9-32-12-18(20-21(32)22(34)30-13-29-20)23(35,24(26,27)28)15-3-8-19-14(10-15)11-31-33(19)17-6-4-16(25)5-7-17;3-2(4,5)1-6/h2-8,10-13,35H,1,9H2;2-8,10-13,35H,1,9H2,(H,29,30,34);1H. The van der Waals surface area contributed by atoms with Gasteiger partial charge in [0.1, 0.15) is 34.5 Å². The van der Waals surface area contributed by atoms with Crippen LogP contribution in [0.3, 0.4) is 0 Å². The number of H-pyrrole nitrogens is 1. The van der Waals surface area contributed by atoms with Gasteiger partial charge in [-0.05, 0) is 83.9 Å². The molecule has 2 atom stereocenters. The quantitative estimate of drug-likeness (QED) is 0.0521. The molecule has 6 aromatic heterocycles. The van der Waals surface area contributed by atoms with E-state index in [0.717, 1.165) is 31.1 Å². The van der Waals surface area contributed by atoms with Crippen molar-refractivity contribution in [2.24, 2.45) is 0 Å². The number of hydrogen-bond donors (Lipinski definition) is 3. The highest BCUT2D eigenvalue weighted by Gasteiger charge is 2.59. The molecule has 0 spiro atoms. The Bertz CT molecular complexity index is 3860. The summed E-state index contributed by atoms with van der Waals surface area (Å²) in [4.78, 5) is 35.2. The van der Waals surface area contributed by atoms with Crippen LogP contribution in [0.2, 0.25) is 5.15 Å². The van der Waals surface area contributed by atoms with Crippen molar-refractivity contribution in [3.63, 3.8) is 0 Å². The molecule has 0 amide bonds. The van der Waals surface area contributed by atoms with Crippen LogP contribution >= 0.6 is 11.6 Å². The van der Waals surface area contributed by atoms with Gasteiger partial charge in [-0.25, -0.2) is 33.1 Å². The SMILES string of the molecule is C=CCn1cc(C(O)(c2ccc3c(cnn3-c3ccc(F)cc3)c2)C(F)(F)F)c2nc[nH]c(=O)c21.C=CCn1cc(C(O)(c2ccc3c(cnn3-c3ccc(F)cc3)c2)C(F)(F)F)c2ncnc(Cl)c21.O=CC(F)(F)F. The summed E-state index contributed by atoms with van der Waals surface area (Å²) in [6.07, 6.45) is -6.11. The van der Waals surface area contributed by atoms with E-state index < -0.39 is 75.5 Å². The van der Waals surface area contributed by atoms with Gasteiger partial charge >= 0.3 is 18.5 Å². The molecule has 0 bridgehead atoms. The number of carbonyl (C=O) groups excluding carboxylic acids is 1.